The zero-order valence-corrected chi connectivity index (χ0v) is 15.1. The van der Waals surface area contributed by atoms with Gasteiger partial charge in [-0.05, 0) is 70.6 Å². The van der Waals surface area contributed by atoms with Gasteiger partial charge in [0.1, 0.15) is 5.82 Å². The van der Waals surface area contributed by atoms with E-state index < -0.39 is 21.7 Å². The van der Waals surface area contributed by atoms with Crippen molar-refractivity contribution in [3.05, 3.63) is 58.3 Å². The lowest BCUT2D eigenvalue weighted by molar-refractivity contribution is 0.0977. The van der Waals surface area contributed by atoms with Crippen LogP contribution in [0.1, 0.15) is 10.4 Å². The third kappa shape index (κ3) is 4.81. The van der Waals surface area contributed by atoms with E-state index in [1.54, 1.807) is 0 Å². The molecule has 4 N–H and O–H groups in total. The summed E-state index contributed by atoms with van der Waals surface area (Å²) in [6.07, 6.45) is 0. The van der Waals surface area contributed by atoms with E-state index in [-0.39, 0.29) is 15.6 Å². The Morgan fingerprint density at radius 3 is 2.33 bits per heavy atom. The number of benzene rings is 2. The van der Waals surface area contributed by atoms with Gasteiger partial charge in [-0.2, -0.15) is 0 Å². The second kappa shape index (κ2) is 7.34. The number of nitrogens with two attached hydrogens (primary N) is 1. The fraction of sp³-hybridized carbons (Fsp3) is 0. The number of sulfonamides is 1. The molecule has 0 atom stereocenters. The van der Waals surface area contributed by atoms with E-state index in [9.17, 15) is 17.6 Å². The molecule has 0 unspecified atom stereocenters. The van der Waals surface area contributed by atoms with Crippen LogP contribution in [-0.2, 0) is 10.0 Å². The van der Waals surface area contributed by atoms with Crippen molar-refractivity contribution in [2.24, 2.45) is 5.14 Å². The highest BCUT2D eigenvalue weighted by atomic mass is 79.9. The number of nitrogens with one attached hydrogen (secondary N) is 2. The average molecular weight is 432 g/mol. The van der Waals surface area contributed by atoms with E-state index >= 15 is 0 Å². The van der Waals surface area contributed by atoms with Gasteiger partial charge in [0.05, 0.1) is 10.6 Å². The van der Waals surface area contributed by atoms with Crippen molar-refractivity contribution in [3.63, 3.8) is 0 Å². The van der Waals surface area contributed by atoms with Gasteiger partial charge in [-0.25, -0.2) is 17.9 Å². The topological polar surface area (TPSA) is 101 Å². The summed E-state index contributed by atoms with van der Waals surface area (Å²) in [7, 11) is -3.82. The Hall–Kier alpha value is -1.88. The number of carbonyl (C=O) groups is 1. The van der Waals surface area contributed by atoms with Crippen LogP contribution in [0, 0.1) is 5.82 Å². The first-order chi connectivity index (χ1) is 11.2. The third-order valence-electron chi connectivity index (χ3n) is 2.85. The molecule has 2 aromatic carbocycles. The van der Waals surface area contributed by atoms with E-state index in [1.165, 1.54) is 30.3 Å². The van der Waals surface area contributed by atoms with Crippen molar-refractivity contribution in [1.29, 1.82) is 0 Å². The molecule has 0 aliphatic rings. The lowest BCUT2D eigenvalue weighted by atomic mass is 10.2. The molecule has 126 valence electrons. The van der Waals surface area contributed by atoms with Gasteiger partial charge in [-0.3, -0.25) is 10.1 Å². The van der Waals surface area contributed by atoms with E-state index in [0.717, 1.165) is 12.1 Å². The van der Waals surface area contributed by atoms with Gasteiger partial charge in [-0.15, -0.1) is 0 Å². The highest BCUT2D eigenvalue weighted by Crippen LogP contribution is 2.25. The van der Waals surface area contributed by atoms with Crippen molar-refractivity contribution < 1.29 is 17.6 Å². The van der Waals surface area contributed by atoms with Gasteiger partial charge in [0.15, 0.2) is 5.11 Å². The van der Waals surface area contributed by atoms with Gasteiger partial charge in [0.2, 0.25) is 10.0 Å². The predicted molar refractivity (Wildman–Crippen MR) is 95.6 cm³/mol. The largest absolute Gasteiger partial charge is 0.331 e. The van der Waals surface area contributed by atoms with Gasteiger partial charge in [-0.1, -0.05) is 0 Å². The minimum absolute atomic E-state index is 0.00613. The van der Waals surface area contributed by atoms with Gasteiger partial charge < -0.3 is 5.32 Å². The van der Waals surface area contributed by atoms with Crippen molar-refractivity contribution in [2.45, 2.75) is 4.90 Å². The molecule has 6 nitrogen and oxygen atoms in total. The van der Waals surface area contributed by atoms with Crippen LogP contribution in [0.25, 0.3) is 0 Å². The standard InChI is InChI=1S/C14H11BrFN3O3S2/c15-11-7-10(24(17,21)22)5-6-12(11)18-14(23)19-13(20)8-1-3-9(16)4-2-8/h1-7H,(H2,17,21,22)(H2,18,19,20,23). The second-order valence-corrected chi connectivity index (χ2v) is 7.43. The third-order valence-corrected chi connectivity index (χ3v) is 4.62. The van der Waals surface area contributed by atoms with E-state index in [1.807, 2.05) is 0 Å². The Balaban J connectivity index is 2.07. The number of primary sulfonamides is 1. The Kier molecular flexibility index (Phi) is 5.65. The van der Waals surface area contributed by atoms with Crippen LogP contribution < -0.4 is 15.8 Å². The SMILES string of the molecule is NS(=O)(=O)c1ccc(NC(=S)NC(=O)c2ccc(F)cc2)c(Br)c1. The first kappa shape index (κ1) is 18.5. The number of amides is 1. The quantitative estimate of drug-likeness (QED) is 0.647. The molecule has 0 radical (unpaired) electrons. The number of hydrogen-bond donors (Lipinski definition) is 3. The van der Waals surface area contributed by atoms with Crippen molar-refractivity contribution in [3.8, 4) is 0 Å². The Morgan fingerprint density at radius 2 is 1.79 bits per heavy atom. The summed E-state index contributed by atoms with van der Waals surface area (Å²) in [6, 6.07) is 9.02. The minimum atomic E-state index is -3.82. The highest BCUT2D eigenvalue weighted by Gasteiger charge is 2.12. The highest BCUT2D eigenvalue weighted by molar-refractivity contribution is 9.10. The number of carbonyl (C=O) groups excluding carboxylic acids is 1. The van der Waals surface area contributed by atoms with E-state index in [0.29, 0.717) is 10.2 Å². The molecule has 0 spiro atoms. The fourth-order valence-electron chi connectivity index (χ4n) is 1.70. The summed E-state index contributed by atoms with van der Waals surface area (Å²) in [5.41, 5.74) is 0.677. The van der Waals surface area contributed by atoms with Crippen LogP contribution in [0.3, 0.4) is 0 Å². The first-order valence-corrected chi connectivity index (χ1v) is 9.12. The van der Waals surface area contributed by atoms with Crippen LogP contribution in [0.15, 0.2) is 51.8 Å². The van der Waals surface area contributed by atoms with E-state index in [4.69, 9.17) is 17.4 Å². The molecule has 1 amide bonds. The van der Waals surface area contributed by atoms with Crippen LogP contribution in [0.5, 0.6) is 0 Å². The smallest absolute Gasteiger partial charge is 0.257 e. The van der Waals surface area contributed by atoms with Gasteiger partial charge in [0, 0.05) is 10.0 Å². The summed E-state index contributed by atoms with van der Waals surface area (Å²) in [4.78, 5) is 11.9. The molecule has 0 aliphatic carbocycles. The van der Waals surface area contributed by atoms with Gasteiger partial charge >= 0.3 is 0 Å². The molecule has 0 bridgehead atoms. The molecular weight excluding hydrogens is 421 g/mol. The predicted octanol–water partition coefficient (Wildman–Crippen LogP) is 2.36. The number of hydrogen-bond acceptors (Lipinski definition) is 4. The fourth-order valence-corrected chi connectivity index (χ4v) is 3.08. The summed E-state index contributed by atoms with van der Waals surface area (Å²) < 4.78 is 35.8. The molecule has 10 heteroatoms. The summed E-state index contributed by atoms with van der Waals surface area (Å²) in [5.74, 6) is -0.962. The first-order valence-electron chi connectivity index (χ1n) is 6.37. The van der Waals surface area contributed by atoms with Crippen LogP contribution >= 0.6 is 28.1 Å². The molecule has 0 saturated heterocycles. The van der Waals surface area contributed by atoms with Crippen molar-refractivity contribution in [2.75, 3.05) is 5.32 Å². The Labute approximate surface area is 151 Å². The Morgan fingerprint density at radius 1 is 1.17 bits per heavy atom. The lowest BCUT2D eigenvalue weighted by Crippen LogP contribution is -2.34. The van der Waals surface area contributed by atoms with Crippen LogP contribution in [-0.4, -0.2) is 19.4 Å². The maximum atomic E-state index is 12.8. The summed E-state index contributed by atoms with van der Waals surface area (Å²) in [6.45, 7) is 0. The summed E-state index contributed by atoms with van der Waals surface area (Å²) in [5, 5.41) is 10.2. The zero-order chi connectivity index (χ0) is 17.9. The average Bonchev–Trinajstić information content (AvgIpc) is 2.48. The molecule has 24 heavy (non-hydrogen) atoms. The molecule has 0 heterocycles. The van der Waals surface area contributed by atoms with Crippen LogP contribution in [0.4, 0.5) is 10.1 Å². The summed E-state index contributed by atoms with van der Waals surface area (Å²) >= 11 is 8.21. The van der Waals surface area contributed by atoms with Crippen LogP contribution in [0.2, 0.25) is 0 Å². The molecule has 0 fully saturated rings. The minimum Gasteiger partial charge on any atom is -0.331 e. The molecule has 0 aliphatic heterocycles. The molecule has 0 aromatic heterocycles. The maximum Gasteiger partial charge on any atom is 0.257 e. The molecular formula is C14H11BrFN3O3S2. The Bertz CT molecular complexity index is 902. The number of halogens is 2. The zero-order valence-electron chi connectivity index (χ0n) is 11.9. The molecule has 2 rings (SSSR count). The van der Waals surface area contributed by atoms with Gasteiger partial charge in [0.25, 0.3) is 5.91 Å². The normalized spacial score (nSPS) is 11.0. The number of thiocarbonyl (C=S) groups is 1. The lowest BCUT2D eigenvalue weighted by Gasteiger charge is -2.12. The van der Waals surface area contributed by atoms with Crippen molar-refractivity contribution >= 4 is 54.9 Å². The van der Waals surface area contributed by atoms with Crippen molar-refractivity contribution in [1.82, 2.24) is 5.32 Å². The van der Waals surface area contributed by atoms with E-state index in [2.05, 4.69) is 26.6 Å². The maximum absolute atomic E-state index is 12.8. The number of anilines is 1. The molecule has 0 saturated carbocycles. The monoisotopic (exact) mass is 431 g/mol. The second-order valence-electron chi connectivity index (χ2n) is 4.60. The number of rotatable bonds is 3. The molecule has 2 aromatic rings.